The summed E-state index contributed by atoms with van der Waals surface area (Å²) in [6, 6.07) is 9.50. The molecule has 26 heavy (non-hydrogen) atoms. The molecule has 4 rings (SSSR count). The number of piperidine rings is 1. The van der Waals surface area contributed by atoms with E-state index in [9.17, 15) is 9.90 Å². The van der Waals surface area contributed by atoms with Gasteiger partial charge in [-0.25, -0.2) is 0 Å². The summed E-state index contributed by atoms with van der Waals surface area (Å²) in [6.45, 7) is 1.29. The minimum Gasteiger partial charge on any atom is -0.491 e. The third kappa shape index (κ3) is 3.46. The number of para-hydroxylation sites is 1. The summed E-state index contributed by atoms with van der Waals surface area (Å²) in [6.07, 6.45) is 5.20. The maximum absolute atomic E-state index is 12.9. The van der Waals surface area contributed by atoms with Crippen LogP contribution in [0.1, 0.15) is 47.4 Å². The fraction of sp³-hybridized carbons (Fsp3) is 0.500. The molecule has 1 amide bonds. The Morgan fingerprint density at radius 1 is 1.19 bits per heavy atom. The van der Waals surface area contributed by atoms with E-state index in [-0.39, 0.29) is 12.5 Å². The number of carbonyl (C=O) groups excluding carboxylic acids is 1. The van der Waals surface area contributed by atoms with Gasteiger partial charge in [0.05, 0.1) is 0 Å². The minimum absolute atomic E-state index is 0.0181. The number of aromatic amines is 1. The Morgan fingerprint density at radius 3 is 2.69 bits per heavy atom. The number of ether oxygens (including phenoxy) is 1. The first kappa shape index (κ1) is 17.1. The first-order valence-corrected chi connectivity index (χ1v) is 9.40. The van der Waals surface area contributed by atoms with Crippen LogP contribution in [0.4, 0.5) is 0 Å². The first-order chi connectivity index (χ1) is 12.6. The lowest BCUT2D eigenvalue weighted by molar-refractivity contribution is -0.0476. The molecule has 6 heteroatoms. The monoisotopic (exact) mass is 355 g/mol. The normalized spacial score (nSPS) is 19.0. The van der Waals surface area contributed by atoms with Crippen molar-refractivity contribution in [1.29, 1.82) is 0 Å². The van der Waals surface area contributed by atoms with Gasteiger partial charge in [0.1, 0.15) is 18.0 Å². The number of hydrogen-bond donors (Lipinski definition) is 2. The average Bonchev–Trinajstić information content (AvgIpc) is 3.12. The molecular weight excluding hydrogens is 330 g/mol. The molecule has 0 saturated carbocycles. The van der Waals surface area contributed by atoms with Gasteiger partial charge in [-0.3, -0.25) is 9.89 Å². The van der Waals surface area contributed by atoms with Gasteiger partial charge in [-0.15, -0.1) is 0 Å². The van der Waals surface area contributed by atoms with Gasteiger partial charge in [-0.2, -0.15) is 5.10 Å². The summed E-state index contributed by atoms with van der Waals surface area (Å²) in [5.74, 6) is 0.734. The van der Waals surface area contributed by atoms with Crippen LogP contribution in [0.5, 0.6) is 5.75 Å². The molecule has 2 heterocycles. The molecule has 2 aromatic rings. The van der Waals surface area contributed by atoms with E-state index in [2.05, 4.69) is 10.2 Å². The highest BCUT2D eigenvalue weighted by Crippen LogP contribution is 2.27. The quantitative estimate of drug-likeness (QED) is 0.882. The number of aliphatic hydroxyl groups is 1. The molecule has 1 aromatic carbocycles. The number of amides is 1. The van der Waals surface area contributed by atoms with Gasteiger partial charge in [0.2, 0.25) is 0 Å². The first-order valence-electron chi connectivity index (χ1n) is 9.40. The zero-order chi connectivity index (χ0) is 18.0. The third-order valence-electron chi connectivity index (χ3n) is 5.49. The van der Waals surface area contributed by atoms with Crippen molar-refractivity contribution in [2.75, 3.05) is 19.7 Å². The second-order valence-corrected chi connectivity index (χ2v) is 7.35. The number of carbonyl (C=O) groups is 1. The summed E-state index contributed by atoms with van der Waals surface area (Å²) in [7, 11) is 0. The summed E-state index contributed by atoms with van der Waals surface area (Å²) < 4.78 is 5.72. The van der Waals surface area contributed by atoms with Crippen LogP contribution in [0.25, 0.3) is 0 Å². The highest BCUT2D eigenvalue weighted by atomic mass is 16.5. The molecular formula is C20H25N3O3. The summed E-state index contributed by atoms with van der Waals surface area (Å²) in [5.41, 5.74) is 1.89. The van der Waals surface area contributed by atoms with Crippen LogP contribution in [0.2, 0.25) is 0 Å². The molecule has 2 aliphatic rings. The zero-order valence-electron chi connectivity index (χ0n) is 14.9. The number of aryl methyl sites for hydroxylation is 1. The van der Waals surface area contributed by atoms with Crippen molar-refractivity contribution in [2.45, 2.75) is 44.1 Å². The number of aromatic nitrogens is 2. The molecule has 138 valence electrons. The fourth-order valence-corrected chi connectivity index (χ4v) is 3.81. The van der Waals surface area contributed by atoms with Crippen molar-refractivity contribution >= 4 is 5.91 Å². The van der Waals surface area contributed by atoms with Gasteiger partial charge in [0.15, 0.2) is 5.69 Å². The molecule has 1 aliphatic carbocycles. The van der Waals surface area contributed by atoms with Crippen LogP contribution in [0, 0.1) is 0 Å². The van der Waals surface area contributed by atoms with Crippen LogP contribution < -0.4 is 4.74 Å². The van der Waals surface area contributed by atoms with E-state index in [4.69, 9.17) is 4.74 Å². The van der Waals surface area contributed by atoms with E-state index in [1.54, 1.807) is 0 Å². The van der Waals surface area contributed by atoms with E-state index in [1.807, 2.05) is 35.2 Å². The molecule has 0 atom stereocenters. The highest BCUT2D eigenvalue weighted by Gasteiger charge is 2.36. The second-order valence-electron chi connectivity index (χ2n) is 7.35. The largest absolute Gasteiger partial charge is 0.491 e. The standard InChI is InChI=1S/C20H25N3O3/c24-19(18-16-8-4-5-9-17(16)21-22-18)23-12-10-20(25,11-13-23)14-26-15-6-2-1-3-7-15/h1-3,6-7,25H,4-5,8-14H2,(H,21,22). The molecule has 0 radical (unpaired) electrons. The third-order valence-corrected chi connectivity index (χ3v) is 5.49. The number of hydrogen-bond acceptors (Lipinski definition) is 4. The van der Waals surface area contributed by atoms with Gasteiger partial charge in [-0.1, -0.05) is 18.2 Å². The van der Waals surface area contributed by atoms with Crippen LogP contribution in [-0.2, 0) is 12.8 Å². The number of H-pyrrole nitrogens is 1. The number of fused-ring (bicyclic) bond motifs is 1. The molecule has 1 saturated heterocycles. The smallest absolute Gasteiger partial charge is 0.274 e. The predicted molar refractivity (Wildman–Crippen MR) is 97.3 cm³/mol. The number of nitrogens with one attached hydrogen (secondary N) is 1. The van der Waals surface area contributed by atoms with Crippen LogP contribution >= 0.6 is 0 Å². The molecule has 0 bridgehead atoms. The minimum atomic E-state index is -0.891. The Balaban J connectivity index is 1.35. The highest BCUT2D eigenvalue weighted by molar-refractivity contribution is 5.94. The van der Waals surface area contributed by atoms with Crippen molar-refractivity contribution in [3.63, 3.8) is 0 Å². The van der Waals surface area contributed by atoms with Gasteiger partial charge in [0, 0.05) is 24.3 Å². The van der Waals surface area contributed by atoms with Gasteiger partial charge in [0.25, 0.3) is 5.91 Å². The number of nitrogens with zero attached hydrogens (tertiary/aromatic N) is 2. The number of rotatable bonds is 4. The maximum Gasteiger partial charge on any atom is 0.274 e. The lowest BCUT2D eigenvalue weighted by Gasteiger charge is -2.37. The molecule has 0 unspecified atom stereocenters. The predicted octanol–water partition coefficient (Wildman–Crippen LogP) is 2.33. The maximum atomic E-state index is 12.9. The summed E-state index contributed by atoms with van der Waals surface area (Å²) in [4.78, 5) is 14.7. The molecule has 1 aliphatic heterocycles. The van der Waals surface area contributed by atoms with Crippen molar-refractivity contribution in [2.24, 2.45) is 0 Å². The Morgan fingerprint density at radius 2 is 1.92 bits per heavy atom. The molecule has 0 spiro atoms. The molecule has 1 aromatic heterocycles. The van der Waals surface area contributed by atoms with Crippen LogP contribution in [0.3, 0.4) is 0 Å². The summed E-state index contributed by atoms with van der Waals surface area (Å²) in [5, 5.41) is 18.1. The lowest BCUT2D eigenvalue weighted by atomic mass is 9.91. The molecule has 2 N–H and O–H groups in total. The zero-order valence-corrected chi connectivity index (χ0v) is 14.9. The number of benzene rings is 1. The van der Waals surface area contributed by atoms with Gasteiger partial charge >= 0.3 is 0 Å². The van der Waals surface area contributed by atoms with Gasteiger partial charge < -0.3 is 14.7 Å². The Kier molecular flexibility index (Phi) is 4.68. The van der Waals surface area contributed by atoms with E-state index in [0.29, 0.717) is 31.6 Å². The Labute approximate surface area is 153 Å². The summed E-state index contributed by atoms with van der Waals surface area (Å²) >= 11 is 0. The Bertz CT molecular complexity index is 764. The van der Waals surface area contributed by atoms with Crippen LogP contribution in [-0.4, -0.2) is 51.4 Å². The van der Waals surface area contributed by atoms with E-state index < -0.39 is 5.60 Å². The fourth-order valence-electron chi connectivity index (χ4n) is 3.81. The van der Waals surface area contributed by atoms with Gasteiger partial charge in [-0.05, 0) is 50.7 Å². The molecule has 1 fully saturated rings. The Hall–Kier alpha value is -2.34. The van der Waals surface area contributed by atoms with Crippen molar-refractivity contribution in [3.8, 4) is 5.75 Å². The molecule has 6 nitrogen and oxygen atoms in total. The van der Waals surface area contributed by atoms with E-state index >= 15 is 0 Å². The van der Waals surface area contributed by atoms with E-state index in [0.717, 1.165) is 42.7 Å². The lowest BCUT2D eigenvalue weighted by Crippen LogP contribution is -2.49. The van der Waals surface area contributed by atoms with Crippen molar-refractivity contribution in [1.82, 2.24) is 15.1 Å². The number of likely N-dealkylation sites (tertiary alicyclic amines) is 1. The average molecular weight is 355 g/mol. The van der Waals surface area contributed by atoms with Crippen molar-refractivity contribution < 1.29 is 14.6 Å². The van der Waals surface area contributed by atoms with Crippen molar-refractivity contribution in [3.05, 3.63) is 47.3 Å². The topological polar surface area (TPSA) is 78.5 Å². The second kappa shape index (κ2) is 7.11. The SMILES string of the molecule is O=C(c1n[nH]c2c1CCCC2)N1CCC(O)(COc2ccccc2)CC1. The van der Waals surface area contributed by atoms with Crippen LogP contribution in [0.15, 0.2) is 30.3 Å². The van der Waals surface area contributed by atoms with E-state index in [1.165, 1.54) is 0 Å².